The molecular weight excluding hydrogens is 340 g/mol. The predicted molar refractivity (Wildman–Crippen MR) is 95.6 cm³/mol. The third-order valence-corrected chi connectivity index (χ3v) is 5.76. The van der Waals surface area contributed by atoms with Crippen LogP contribution in [-0.4, -0.2) is 69.4 Å². The Hall–Kier alpha value is -1.86. The lowest BCUT2D eigenvalue weighted by molar-refractivity contribution is -0.154. The van der Waals surface area contributed by atoms with Crippen LogP contribution >= 0.6 is 11.8 Å². The number of aliphatic carboxylic acids is 1. The molecule has 7 heteroatoms. The van der Waals surface area contributed by atoms with E-state index in [9.17, 15) is 19.5 Å². The molecule has 0 bridgehead atoms. The summed E-state index contributed by atoms with van der Waals surface area (Å²) < 4.78 is 0. The van der Waals surface area contributed by atoms with E-state index in [1.807, 2.05) is 6.07 Å². The molecule has 25 heavy (non-hydrogen) atoms. The molecule has 1 N–H and O–H groups in total. The van der Waals surface area contributed by atoms with Crippen molar-refractivity contribution in [2.75, 3.05) is 25.4 Å². The van der Waals surface area contributed by atoms with Crippen LogP contribution in [0.2, 0.25) is 0 Å². The molecule has 1 aromatic carbocycles. The number of carbonyl (C=O) groups excluding carboxylic acids is 2. The molecule has 2 heterocycles. The molecule has 1 aromatic rings. The number of hydrogen-bond acceptors (Lipinski definition) is 5. The summed E-state index contributed by atoms with van der Waals surface area (Å²) in [6.45, 7) is 1.80. The Morgan fingerprint density at radius 3 is 2.64 bits per heavy atom. The molecule has 2 saturated heterocycles. The maximum Gasteiger partial charge on any atom is 0.327 e. The molecule has 0 spiro atoms. The number of thioether (sulfide) groups is 1. The second-order valence-corrected chi connectivity index (χ2v) is 7.51. The van der Waals surface area contributed by atoms with Crippen LogP contribution in [0.15, 0.2) is 30.3 Å². The third kappa shape index (κ3) is 4.22. The van der Waals surface area contributed by atoms with E-state index in [1.165, 1.54) is 4.90 Å². The molecule has 1 amide bonds. The molecule has 0 aliphatic carbocycles. The molecule has 2 atom stereocenters. The second-order valence-electron chi connectivity index (χ2n) is 6.44. The maximum absolute atomic E-state index is 12.5. The van der Waals surface area contributed by atoms with Gasteiger partial charge in [-0.3, -0.25) is 14.5 Å². The first-order chi connectivity index (χ1) is 12.1. The van der Waals surface area contributed by atoms with Gasteiger partial charge < -0.3 is 10.0 Å². The number of carboxylic acid groups (broad SMARTS) is 1. The molecule has 0 aromatic heterocycles. The molecule has 0 saturated carbocycles. The SMILES string of the molecule is O=C(SCCC(=O)N1CC2CCCN2CC1C(=O)O)c1ccccc1. The summed E-state index contributed by atoms with van der Waals surface area (Å²) >= 11 is 1.11. The van der Waals surface area contributed by atoms with Crippen LogP contribution in [0.5, 0.6) is 0 Å². The minimum Gasteiger partial charge on any atom is -0.480 e. The molecule has 3 rings (SSSR count). The summed E-state index contributed by atoms with van der Waals surface area (Å²) in [5.41, 5.74) is 0.614. The Bertz CT molecular complexity index is 652. The fraction of sp³-hybridized carbons (Fsp3) is 0.500. The van der Waals surface area contributed by atoms with E-state index in [0.717, 1.165) is 31.1 Å². The number of carboxylic acids is 1. The van der Waals surface area contributed by atoms with Crippen molar-refractivity contribution in [3.63, 3.8) is 0 Å². The fourth-order valence-corrected chi connectivity index (χ4v) is 4.30. The summed E-state index contributed by atoms with van der Waals surface area (Å²) in [5.74, 6) is -0.761. The van der Waals surface area contributed by atoms with Gasteiger partial charge in [0.1, 0.15) is 6.04 Å². The lowest BCUT2D eigenvalue weighted by Gasteiger charge is -2.41. The van der Waals surface area contributed by atoms with Gasteiger partial charge in [-0.15, -0.1) is 0 Å². The highest BCUT2D eigenvalue weighted by Gasteiger charge is 2.41. The van der Waals surface area contributed by atoms with Gasteiger partial charge in [0.25, 0.3) is 0 Å². The van der Waals surface area contributed by atoms with Crippen molar-refractivity contribution in [1.82, 2.24) is 9.80 Å². The summed E-state index contributed by atoms with van der Waals surface area (Å²) in [7, 11) is 0. The Kier molecular flexibility index (Phi) is 5.75. The lowest BCUT2D eigenvalue weighted by Crippen LogP contribution is -2.60. The molecule has 2 aliphatic heterocycles. The topological polar surface area (TPSA) is 77.9 Å². The first kappa shape index (κ1) is 17.9. The number of nitrogens with zero attached hydrogens (tertiary/aromatic N) is 2. The summed E-state index contributed by atoms with van der Waals surface area (Å²) in [6.07, 6.45) is 2.25. The number of piperazine rings is 1. The van der Waals surface area contributed by atoms with Gasteiger partial charge >= 0.3 is 5.97 Å². The highest BCUT2D eigenvalue weighted by atomic mass is 32.2. The number of fused-ring (bicyclic) bond motifs is 1. The molecule has 6 nitrogen and oxygen atoms in total. The zero-order valence-corrected chi connectivity index (χ0v) is 14.8. The van der Waals surface area contributed by atoms with E-state index in [2.05, 4.69) is 4.90 Å². The number of rotatable bonds is 5. The van der Waals surface area contributed by atoms with Crippen molar-refractivity contribution < 1.29 is 19.5 Å². The van der Waals surface area contributed by atoms with Crippen molar-refractivity contribution in [3.8, 4) is 0 Å². The van der Waals surface area contributed by atoms with Crippen LogP contribution in [0.3, 0.4) is 0 Å². The minimum atomic E-state index is -0.952. The number of carbonyl (C=O) groups is 3. The Balaban J connectivity index is 1.54. The number of benzene rings is 1. The van der Waals surface area contributed by atoms with Crippen molar-refractivity contribution in [2.45, 2.75) is 31.3 Å². The molecule has 2 aliphatic rings. The molecule has 2 unspecified atom stereocenters. The summed E-state index contributed by atoms with van der Waals surface area (Å²) in [6, 6.07) is 8.44. The highest BCUT2D eigenvalue weighted by molar-refractivity contribution is 8.14. The van der Waals surface area contributed by atoms with Crippen molar-refractivity contribution in [1.29, 1.82) is 0 Å². The van der Waals surface area contributed by atoms with Crippen molar-refractivity contribution >= 4 is 28.8 Å². The molecule has 134 valence electrons. The largest absolute Gasteiger partial charge is 0.480 e. The first-order valence-electron chi connectivity index (χ1n) is 8.55. The Labute approximate surface area is 151 Å². The highest BCUT2D eigenvalue weighted by Crippen LogP contribution is 2.25. The molecule has 0 radical (unpaired) electrons. The van der Waals surface area contributed by atoms with E-state index in [4.69, 9.17) is 0 Å². The van der Waals surface area contributed by atoms with Crippen LogP contribution in [0.4, 0.5) is 0 Å². The standard InChI is InChI=1S/C18H22N2O4S/c21-16(8-10-25-18(24)13-5-2-1-3-6-13)20-11-14-7-4-9-19(14)12-15(20)17(22)23/h1-3,5-6,14-15H,4,7-12H2,(H,22,23). The van der Waals surface area contributed by atoms with Gasteiger partial charge in [0.15, 0.2) is 0 Å². The van der Waals surface area contributed by atoms with E-state index in [1.54, 1.807) is 24.3 Å². The van der Waals surface area contributed by atoms with Crippen molar-refractivity contribution in [2.24, 2.45) is 0 Å². The van der Waals surface area contributed by atoms with Gasteiger partial charge in [0.2, 0.25) is 11.0 Å². The van der Waals surface area contributed by atoms with Gasteiger partial charge in [-0.1, -0.05) is 42.1 Å². The zero-order chi connectivity index (χ0) is 17.8. The molecule has 2 fully saturated rings. The van der Waals surface area contributed by atoms with Crippen LogP contribution in [0.1, 0.15) is 29.6 Å². The van der Waals surface area contributed by atoms with Gasteiger partial charge in [0.05, 0.1) is 0 Å². The molecular formula is C18H22N2O4S. The quantitative estimate of drug-likeness (QED) is 0.859. The smallest absolute Gasteiger partial charge is 0.327 e. The second kappa shape index (κ2) is 8.01. The van der Waals surface area contributed by atoms with E-state index >= 15 is 0 Å². The van der Waals surface area contributed by atoms with Gasteiger partial charge in [-0.25, -0.2) is 4.79 Å². The monoisotopic (exact) mass is 362 g/mol. The van der Waals surface area contributed by atoms with Crippen LogP contribution in [-0.2, 0) is 9.59 Å². The fourth-order valence-electron chi connectivity index (χ4n) is 3.54. The normalized spacial score (nSPS) is 23.3. The minimum absolute atomic E-state index is 0.0659. The van der Waals surface area contributed by atoms with Crippen LogP contribution < -0.4 is 0 Å². The van der Waals surface area contributed by atoms with Gasteiger partial charge in [-0.2, -0.15) is 0 Å². The average Bonchev–Trinajstić information content (AvgIpc) is 3.08. The Morgan fingerprint density at radius 2 is 1.92 bits per heavy atom. The van der Waals surface area contributed by atoms with Gasteiger partial charge in [0, 0.05) is 36.9 Å². The third-order valence-electron chi connectivity index (χ3n) is 4.85. The summed E-state index contributed by atoms with van der Waals surface area (Å²) in [4.78, 5) is 39.8. The maximum atomic E-state index is 12.5. The van der Waals surface area contributed by atoms with Crippen LogP contribution in [0, 0.1) is 0 Å². The number of hydrogen-bond donors (Lipinski definition) is 1. The number of amides is 1. The van der Waals surface area contributed by atoms with Crippen LogP contribution in [0.25, 0.3) is 0 Å². The van der Waals surface area contributed by atoms with E-state index in [-0.39, 0.29) is 23.5 Å². The van der Waals surface area contributed by atoms with E-state index < -0.39 is 12.0 Å². The average molecular weight is 362 g/mol. The van der Waals surface area contributed by atoms with Crippen molar-refractivity contribution in [3.05, 3.63) is 35.9 Å². The summed E-state index contributed by atoms with van der Waals surface area (Å²) in [5, 5.41) is 9.39. The lowest BCUT2D eigenvalue weighted by atomic mass is 10.1. The Morgan fingerprint density at radius 1 is 1.16 bits per heavy atom. The van der Waals surface area contributed by atoms with Gasteiger partial charge in [-0.05, 0) is 19.4 Å². The van der Waals surface area contributed by atoms with E-state index in [0.29, 0.717) is 24.4 Å². The predicted octanol–water partition coefficient (Wildman–Crippen LogP) is 1.71. The first-order valence-corrected chi connectivity index (χ1v) is 9.53. The zero-order valence-electron chi connectivity index (χ0n) is 14.0.